The van der Waals surface area contributed by atoms with Crippen LogP contribution in [-0.4, -0.2) is 53.7 Å². The molecule has 3 aromatic heterocycles. The number of fused-ring (bicyclic) bond motifs is 3. The highest BCUT2D eigenvalue weighted by Crippen LogP contribution is 2.23. The van der Waals surface area contributed by atoms with Gasteiger partial charge in [0, 0.05) is 39.5 Å². The van der Waals surface area contributed by atoms with E-state index in [2.05, 4.69) is 9.97 Å². The number of unbranched alkanes of at least 4 members (excludes halogenated alkanes) is 1. The first-order valence-electron chi connectivity index (χ1n) is 9.19. The maximum Gasteiger partial charge on any atom is 0.244 e. The summed E-state index contributed by atoms with van der Waals surface area (Å²) < 4.78 is 33.5. The number of hydrogen-bond acceptors (Lipinski definition) is 6. The van der Waals surface area contributed by atoms with Crippen LogP contribution in [0.5, 0.6) is 0 Å². The van der Waals surface area contributed by atoms with E-state index in [4.69, 9.17) is 4.74 Å². The minimum Gasteiger partial charge on any atom is -0.618 e. The van der Waals surface area contributed by atoms with E-state index in [1.54, 1.807) is 18.3 Å². The van der Waals surface area contributed by atoms with Crippen molar-refractivity contribution < 1.29 is 17.9 Å². The van der Waals surface area contributed by atoms with Crippen molar-refractivity contribution in [1.29, 1.82) is 0 Å². The van der Waals surface area contributed by atoms with Gasteiger partial charge in [0.25, 0.3) is 0 Å². The number of hydrogen-bond donors (Lipinski definition) is 0. The summed E-state index contributed by atoms with van der Waals surface area (Å²) >= 11 is 0. The molecule has 0 radical (unpaired) electrons. The van der Waals surface area contributed by atoms with Crippen LogP contribution in [0.4, 0.5) is 0 Å². The Kier molecular flexibility index (Phi) is 6.11. The first-order valence-corrected chi connectivity index (χ1v) is 10.8. The molecule has 0 bridgehead atoms. The van der Waals surface area contributed by atoms with Crippen LogP contribution >= 0.6 is 0 Å². The van der Waals surface area contributed by atoms with E-state index in [1.807, 2.05) is 11.5 Å². The topological polar surface area (TPSA) is 104 Å². The number of pyridine rings is 2. The second kappa shape index (κ2) is 8.38. The summed E-state index contributed by atoms with van der Waals surface area (Å²) in [6, 6.07) is 3.44. The van der Waals surface area contributed by atoms with Gasteiger partial charge in [0.15, 0.2) is 11.0 Å². The average Bonchev–Trinajstić information content (AvgIpc) is 3.01. The van der Waals surface area contributed by atoms with Gasteiger partial charge >= 0.3 is 0 Å². The molecule has 0 aromatic carbocycles. The fraction of sp³-hybridized carbons (Fsp3) is 0.500. The van der Waals surface area contributed by atoms with E-state index in [-0.39, 0.29) is 5.75 Å². The lowest BCUT2D eigenvalue weighted by atomic mass is 10.2. The molecule has 28 heavy (non-hydrogen) atoms. The number of imidazole rings is 1. The van der Waals surface area contributed by atoms with Crippen molar-refractivity contribution >= 4 is 32.1 Å². The third-order valence-corrected chi connectivity index (χ3v) is 6.50. The molecular formula is C18H25N5O4S. The van der Waals surface area contributed by atoms with Crippen molar-refractivity contribution in [2.75, 3.05) is 26.5 Å². The van der Waals surface area contributed by atoms with Crippen LogP contribution in [0.2, 0.25) is 0 Å². The van der Waals surface area contributed by atoms with Gasteiger partial charge in [0.05, 0.1) is 5.75 Å². The molecule has 0 spiro atoms. The number of ether oxygens (including phenoxy) is 1. The molecular weight excluding hydrogens is 382 g/mol. The third kappa shape index (κ3) is 4.08. The van der Waals surface area contributed by atoms with Gasteiger partial charge in [-0.25, -0.2) is 22.7 Å². The lowest BCUT2D eigenvalue weighted by molar-refractivity contribution is -0.575. The molecule has 10 heteroatoms. The van der Waals surface area contributed by atoms with E-state index < -0.39 is 10.0 Å². The van der Waals surface area contributed by atoms with Crippen molar-refractivity contribution in [3.05, 3.63) is 35.6 Å². The Bertz CT molecular complexity index is 1080. The van der Waals surface area contributed by atoms with Gasteiger partial charge in [-0.15, -0.1) is 0 Å². The number of aryl methyl sites for hydroxylation is 1. The molecule has 3 aromatic rings. The lowest BCUT2D eigenvalue weighted by Gasteiger charge is -2.12. The molecule has 0 aliphatic carbocycles. The standard InChI is InChI=1S/C18H25N5O4S/c1-4-27-13-16-20-14-12-23(24)15-8-7-9-19-17(15)18(14)22(16)10-5-6-11-28(25,26)21(2)3/h7-9,12H,4-6,10-11,13H2,1-3H3. The Morgan fingerprint density at radius 1 is 1.32 bits per heavy atom. The summed E-state index contributed by atoms with van der Waals surface area (Å²) in [6.07, 6.45) is 4.26. The molecule has 0 N–H and O–H groups in total. The molecule has 0 unspecified atom stereocenters. The van der Waals surface area contributed by atoms with Crippen molar-refractivity contribution in [3.8, 4) is 0 Å². The molecule has 0 saturated carbocycles. The van der Waals surface area contributed by atoms with Gasteiger partial charge in [0.2, 0.25) is 21.7 Å². The molecule has 0 saturated heterocycles. The molecule has 3 heterocycles. The zero-order chi connectivity index (χ0) is 20.3. The smallest absolute Gasteiger partial charge is 0.244 e. The van der Waals surface area contributed by atoms with E-state index in [9.17, 15) is 13.6 Å². The molecule has 9 nitrogen and oxygen atoms in total. The zero-order valence-electron chi connectivity index (χ0n) is 16.3. The highest BCUT2D eigenvalue weighted by molar-refractivity contribution is 7.89. The molecule has 152 valence electrons. The van der Waals surface area contributed by atoms with Crippen LogP contribution in [-0.2, 0) is 27.9 Å². The number of aromatic nitrogens is 4. The van der Waals surface area contributed by atoms with Gasteiger partial charge in [0.1, 0.15) is 17.9 Å². The predicted octanol–water partition coefficient (Wildman–Crippen LogP) is 1.43. The summed E-state index contributed by atoms with van der Waals surface area (Å²) in [5.41, 5.74) is 2.37. The summed E-state index contributed by atoms with van der Waals surface area (Å²) in [4.78, 5) is 8.96. The maximum atomic E-state index is 12.3. The maximum absolute atomic E-state index is 12.3. The molecule has 0 atom stereocenters. The van der Waals surface area contributed by atoms with Crippen molar-refractivity contribution in [2.45, 2.75) is 32.9 Å². The fourth-order valence-corrected chi connectivity index (χ4v) is 4.01. The van der Waals surface area contributed by atoms with Crippen LogP contribution in [0.25, 0.3) is 22.1 Å². The second-order valence-electron chi connectivity index (χ2n) is 6.68. The summed E-state index contributed by atoms with van der Waals surface area (Å²) in [7, 11) is -0.146. The molecule has 0 aliphatic rings. The van der Waals surface area contributed by atoms with Crippen molar-refractivity contribution in [2.24, 2.45) is 0 Å². The average molecular weight is 407 g/mol. The minimum atomic E-state index is -3.22. The van der Waals surface area contributed by atoms with Crippen molar-refractivity contribution in [3.63, 3.8) is 0 Å². The van der Waals surface area contributed by atoms with E-state index in [0.29, 0.717) is 55.0 Å². The Hall–Kier alpha value is -2.30. The summed E-state index contributed by atoms with van der Waals surface area (Å²) in [6.45, 7) is 3.33. The van der Waals surface area contributed by atoms with Crippen LogP contribution in [0, 0.1) is 5.21 Å². The van der Waals surface area contributed by atoms with E-state index in [0.717, 1.165) is 10.2 Å². The fourth-order valence-electron chi connectivity index (χ4n) is 3.08. The first-order chi connectivity index (χ1) is 13.3. The second-order valence-corrected chi connectivity index (χ2v) is 8.98. The normalized spacial score (nSPS) is 12.4. The first kappa shape index (κ1) is 20.4. The SMILES string of the molecule is CCOCc1nc2c[n+]([O-])c3cccnc3c2n1CCCCS(=O)(=O)N(C)C. The quantitative estimate of drug-likeness (QED) is 0.302. The highest BCUT2D eigenvalue weighted by atomic mass is 32.2. The third-order valence-electron chi connectivity index (χ3n) is 4.59. The number of nitrogens with zero attached hydrogens (tertiary/aromatic N) is 5. The highest BCUT2D eigenvalue weighted by Gasteiger charge is 2.20. The van der Waals surface area contributed by atoms with Gasteiger partial charge in [-0.05, 0) is 25.8 Å². The lowest BCUT2D eigenvalue weighted by Crippen LogP contribution is -2.26. The Morgan fingerprint density at radius 3 is 2.82 bits per heavy atom. The monoisotopic (exact) mass is 407 g/mol. The van der Waals surface area contributed by atoms with Gasteiger partial charge in [-0.3, -0.25) is 0 Å². The Labute approximate surface area is 164 Å². The van der Waals surface area contributed by atoms with Gasteiger partial charge in [-0.1, -0.05) is 0 Å². The molecule has 0 aliphatic heterocycles. The van der Waals surface area contributed by atoms with Crippen LogP contribution < -0.4 is 4.73 Å². The number of sulfonamides is 1. The Balaban J connectivity index is 1.95. The van der Waals surface area contributed by atoms with Gasteiger partial charge < -0.3 is 14.5 Å². The van der Waals surface area contributed by atoms with E-state index >= 15 is 0 Å². The van der Waals surface area contributed by atoms with Crippen molar-refractivity contribution in [1.82, 2.24) is 18.8 Å². The largest absolute Gasteiger partial charge is 0.618 e. The minimum absolute atomic E-state index is 0.0903. The Morgan fingerprint density at radius 2 is 2.11 bits per heavy atom. The summed E-state index contributed by atoms with van der Waals surface area (Å²) in [5, 5.41) is 12.3. The number of rotatable bonds is 9. The van der Waals surface area contributed by atoms with Crippen LogP contribution in [0.3, 0.4) is 0 Å². The predicted molar refractivity (Wildman–Crippen MR) is 106 cm³/mol. The van der Waals surface area contributed by atoms with Crippen LogP contribution in [0.1, 0.15) is 25.6 Å². The summed E-state index contributed by atoms with van der Waals surface area (Å²) in [5.74, 6) is 0.790. The zero-order valence-corrected chi connectivity index (χ0v) is 17.1. The molecule has 0 amide bonds. The van der Waals surface area contributed by atoms with E-state index in [1.165, 1.54) is 24.6 Å². The van der Waals surface area contributed by atoms with Crippen LogP contribution in [0.15, 0.2) is 24.5 Å². The molecule has 3 rings (SSSR count). The van der Waals surface area contributed by atoms with Gasteiger partial charge in [-0.2, -0.15) is 4.73 Å². The molecule has 0 fully saturated rings.